The fourth-order valence-corrected chi connectivity index (χ4v) is 4.51. The molecule has 2 aliphatic rings. The number of rotatable bonds is 7. The molecule has 1 aliphatic carbocycles. The highest BCUT2D eigenvalue weighted by Gasteiger charge is 2.25. The van der Waals surface area contributed by atoms with Gasteiger partial charge in [0.1, 0.15) is 5.69 Å². The minimum Gasteiger partial charge on any atom is -0.493 e. The van der Waals surface area contributed by atoms with Crippen LogP contribution in [0.5, 0.6) is 5.88 Å². The Bertz CT molecular complexity index is 790. The molecule has 2 heterocycles. The highest BCUT2D eigenvalue weighted by atomic mass is 16.3. The van der Waals surface area contributed by atoms with E-state index in [4.69, 9.17) is 5.73 Å². The van der Waals surface area contributed by atoms with E-state index in [2.05, 4.69) is 20.0 Å². The minimum atomic E-state index is -0.117. The van der Waals surface area contributed by atoms with Crippen LogP contribution in [0, 0.1) is 6.92 Å². The lowest BCUT2D eigenvalue weighted by Gasteiger charge is -2.30. The van der Waals surface area contributed by atoms with E-state index in [-0.39, 0.29) is 23.5 Å². The van der Waals surface area contributed by atoms with Gasteiger partial charge >= 0.3 is 0 Å². The van der Waals surface area contributed by atoms with Gasteiger partial charge in [0.2, 0.25) is 5.88 Å². The van der Waals surface area contributed by atoms with Crippen LogP contribution in [-0.2, 0) is 6.54 Å². The van der Waals surface area contributed by atoms with Crippen molar-refractivity contribution in [2.75, 3.05) is 38.6 Å². The van der Waals surface area contributed by atoms with Gasteiger partial charge in [-0.25, -0.2) is 0 Å². The van der Waals surface area contributed by atoms with Crippen LogP contribution in [0.1, 0.15) is 56.9 Å². The molecular formula is C22H38N6O2. The fraction of sp³-hybridized carbons (Fsp3) is 0.773. The lowest BCUT2D eigenvalue weighted by atomic mass is 9.92. The highest BCUT2D eigenvalue weighted by molar-refractivity contribution is 5.67. The Morgan fingerprint density at radius 2 is 1.80 bits per heavy atom. The van der Waals surface area contributed by atoms with Gasteiger partial charge in [-0.1, -0.05) is 0 Å². The first-order chi connectivity index (χ1) is 14.4. The predicted molar refractivity (Wildman–Crippen MR) is 121 cm³/mol. The molecule has 0 atom stereocenters. The van der Waals surface area contributed by atoms with E-state index in [1.54, 1.807) is 0 Å². The molecule has 0 aromatic carbocycles. The van der Waals surface area contributed by atoms with Gasteiger partial charge in [-0.05, 0) is 78.9 Å². The van der Waals surface area contributed by atoms with Crippen molar-refractivity contribution < 1.29 is 5.11 Å². The Kier molecular flexibility index (Phi) is 7.88. The number of anilines is 1. The average Bonchev–Trinajstić information content (AvgIpc) is 2.72. The van der Waals surface area contributed by atoms with Gasteiger partial charge in [0.25, 0.3) is 5.56 Å². The van der Waals surface area contributed by atoms with Crippen molar-refractivity contribution >= 4 is 11.4 Å². The van der Waals surface area contributed by atoms with E-state index in [1.165, 1.54) is 11.0 Å². The second-order valence-corrected chi connectivity index (χ2v) is 9.09. The Hall–Kier alpha value is -1.93. The maximum atomic E-state index is 13.3. The van der Waals surface area contributed by atoms with Crippen LogP contribution in [0.15, 0.2) is 15.0 Å². The van der Waals surface area contributed by atoms with Crippen molar-refractivity contribution in [2.45, 2.75) is 76.9 Å². The summed E-state index contributed by atoms with van der Waals surface area (Å²) in [6, 6.07) is 0.395. The summed E-state index contributed by atoms with van der Waals surface area (Å²) in [5.74, 6) is -0.0618. The van der Waals surface area contributed by atoms with Gasteiger partial charge in [-0.3, -0.25) is 9.36 Å². The third-order valence-electron chi connectivity index (χ3n) is 6.35. The molecule has 1 saturated carbocycles. The lowest BCUT2D eigenvalue weighted by molar-refractivity contribution is 0.361. The largest absolute Gasteiger partial charge is 0.493 e. The van der Waals surface area contributed by atoms with Crippen LogP contribution in [-0.4, -0.2) is 60.4 Å². The quantitative estimate of drug-likeness (QED) is 0.663. The number of piperidine rings is 1. The standard InChI is InChI=1S/C22H38N6O2/c1-16-19(25-24-18-10-8-17(23)9-11-18)21(29)28(15-7-12-26(2)3)22(30)20(16)27-13-5-4-6-14-27/h17-18,29H,4-15,23H2,1-3H3. The zero-order chi connectivity index (χ0) is 21.7. The highest BCUT2D eigenvalue weighted by Crippen LogP contribution is 2.36. The topological polar surface area (TPSA) is 99.5 Å². The van der Waals surface area contributed by atoms with Gasteiger partial charge in [-0.2, -0.15) is 5.11 Å². The van der Waals surface area contributed by atoms with Crippen LogP contribution in [0.25, 0.3) is 0 Å². The molecule has 2 fully saturated rings. The molecule has 0 radical (unpaired) electrons. The summed E-state index contributed by atoms with van der Waals surface area (Å²) in [6.45, 7) is 4.94. The van der Waals surface area contributed by atoms with Crippen LogP contribution in [0.4, 0.5) is 11.4 Å². The van der Waals surface area contributed by atoms with Crippen LogP contribution in [0.2, 0.25) is 0 Å². The Morgan fingerprint density at radius 1 is 1.13 bits per heavy atom. The molecule has 0 amide bonds. The number of nitrogens with zero attached hydrogens (tertiary/aromatic N) is 5. The van der Waals surface area contributed by atoms with Gasteiger partial charge in [0.15, 0.2) is 5.69 Å². The summed E-state index contributed by atoms with van der Waals surface area (Å²) in [4.78, 5) is 17.6. The van der Waals surface area contributed by atoms with E-state index < -0.39 is 0 Å². The van der Waals surface area contributed by atoms with E-state index in [0.717, 1.165) is 70.1 Å². The summed E-state index contributed by atoms with van der Waals surface area (Å²) < 4.78 is 1.49. The predicted octanol–water partition coefficient (Wildman–Crippen LogP) is 3.16. The van der Waals surface area contributed by atoms with Gasteiger partial charge in [0.05, 0.1) is 6.04 Å². The summed E-state index contributed by atoms with van der Waals surface area (Å²) in [5, 5.41) is 20.0. The maximum absolute atomic E-state index is 13.3. The third kappa shape index (κ3) is 5.40. The average molecular weight is 419 g/mol. The molecule has 1 aromatic heterocycles. The first-order valence-corrected chi connectivity index (χ1v) is 11.4. The molecule has 8 nitrogen and oxygen atoms in total. The molecule has 1 aliphatic heterocycles. The van der Waals surface area contributed by atoms with Gasteiger partial charge in [-0.15, -0.1) is 5.11 Å². The molecule has 3 rings (SSSR count). The molecule has 1 saturated heterocycles. The first kappa shape index (κ1) is 22.7. The monoisotopic (exact) mass is 418 g/mol. The Balaban J connectivity index is 1.95. The summed E-state index contributed by atoms with van der Waals surface area (Å²) in [6.07, 6.45) is 7.90. The first-order valence-electron chi connectivity index (χ1n) is 11.4. The normalized spacial score (nSPS) is 22.9. The Morgan fingerprint density at radius 3 is 2.43 bits per heavy atom. The van der Waals surface area contributed by atoms with E-state index in [0.29, 0.717) is 17.9 Å². The van der Waals surface area contributed by atoms with E-state index in [1.807, 2.05) is 21.0 Å². The van der Waals surface area contributed by atoms with Crippen molar-refractivity contribution in [3.8, 4) is 5.88 Å². The number of azo groups is 1. The molecule has 3 N–H and O–H groups in total. The molecule has 0 spiro atoms. The summed E-state index contributed by atoms with van der Waals surface area (Å²) in [7, 11) is 4.01. The van der Waals surface area contributed by atoms with E-state index >= 15 is 0 Å². The summed E-state index contributed by atoms with van der Waals surface area (Å²) >= 11 is 0. The molecule has 8 heteroatoms. The minimum absolute atomic E-state index is 0.0618. The number of nitrogens with two attached hydrogens (primary N) is 1. The van der Waals surface area contributed by atoms with Crippen molar-refractivity contribution in [1.29, 1.82) is 0 Å². The second kappa shape index (κ2) is 10.4. The van der Waals surface area contributed by atoms with Crippen molar-refractivity contribution in [3.05, 3.63) is 15.9 Å². The molecular weight excluding hydrogens is 380 g/mol. The van der Waals surface area contributed by atoms with Crippen molar-refractivity contribution in [1.82, 2.24) is 9.47 Å². The molecule has 168 valence electrons. The van der Waals surface area contributed by atoms with Crippen LogP contribution in [0.3, 0.4) is 0 Å². The van der Waals surface area contributed by atoms with Gasteiger partial charge in [0, 0.05) is 31.2 Å². The summed E-state index contributed by atoms with van der Waals surface area (Å²) in [5.41, 5.74) is 7.74. The zero-order valence-corrected chi connectivity index (χ0v) is 18.8. The van der Waals surface area contributed by atoms with Crippen LogP contribution >= 0.6 is 0 Å². The lowest BCUT2D eigenvalue weighted by Crippen LogP contribution is -2.37. The molecule has 0 unspecified atom stereocenters. The van der Waals surface area contributed by atoms with Crippen molar-refractivity contribution in [3.63, 3.8) is 0 Å². The van der Waals surface area contributed by atoms with Gasteiger partial charge < -0.3 is 20.6 Å². The number of pyridine rings is 1. The fourth-order valence-electron chi connectivity index (χ4n) is 4.51. The number of aromatic hydroxyl groups is 1. The molecule has 1 aromatic rings. The molecule has 0 bridgehead atoms. The maximum Gasteiger partial charge on any atom is 0.277 e. The second-order valence-electron chi connectivity index (χ2n) is 9.09. The molecule has 30 heavy (non-hydrogen) atoms. The van der Waals surface area contributed by atoms with E-state index in [9.17, 15) is 9.90 Å². The third-order valence-corrected chi connectivity index (χ3v) is 6.35. The number of aromatic nitrogens is 1. The number of hydrogen-bond donors (Lipinski definition) is 2. The van der Waals surface area contributed by atoms with Crippen molar-refractivity contribution in [2.24, 2.45) is 16.0 Å². The smallest absolute Gasteiger partial charge is 0.277 e. The number of hydrogen-bond acceptors (Lipinski definition) is 7. The SMILES string of the molecule is Cc1c(N=NC2CCC(N)CC2)c(O)n(CCCN(C)C)c(=O)c1N1CCCCC1. The Labute approximate surface area is 179 Å². The van der Waals surface area contributed by atoms with Crippen LogP contribution < -0.4 is 16.2 Å². The zero-order valence-electron chi connectivity index (χ0n) is 18.8.